The van der Waals surface area contributed by atoms with Gasteiger partial charge in [0.05, 0.1) is 12.9 Å². The Morgan fingerprint density at radius 2 is 2.00 bits per heavy atom. The quantitative estimate of drug-likeness (QED) is 0.694. The van der Waals surface area contributed by atoms with Crippen LogP contribution in [0.2, 0.25) is 0 Å². The molecular formula is C19H22O. The number of allylic oxidation sites excluding steroid dienone is 1. The maximum absolute atomic E-state index is 5.41. The molecule has 1 saturated carbocycles. The standard InChI is InChI=1S/C19H22O/c1-13-11-16(12-15-7-4-5-8-17(13)15)19-10-6-9-18(19)14(2)20-3/h4-5,7-8,11-12,18-19H,2,6,9-10H2,1,3H3. The summed E-state index contributed by atoms with van der Waals surface area (Å²) >= 11 is 0. The molecule has 0 radical (unpaired) electrons. The average Bonchev–Trinajstić information content (AvgIpc) is 2.96. The molecule has 0 bridgehead atoms. The van der Waals surface area contributed by atoms with Crippen molar-refractivity contribution in [1.29, 1.82) is 0 Å². The molecule has 0 spiro atoms. The first-order valence-corrected chi connectivity index (χ1v) is 7.43. The van der Waals surface area contributed by atoms with Gasteiger partial charge in [0.2, 0.25) is 0 Å². The van der Waals surface area contributed by atoms with Crippen molar-refractivity contribution in [3.05, 3.63) is 59.9 Å². The molecule has 0 saturated heterocycles. The SMILES string of the molecule is C=C(OC)C1CCCC1c1cc(C)c2ccccc2c1. The smallest absolute Gasteiger partial charge is 0.0920 e. The third-order valence-electron chi connectivity index (χ3n) is 4.71. The van der Waals surface area contributed by atoms with E-state index in [2.05, 4.69) is 49.9 Å². The van der Waals surface area contributed by atoms with Crippen molar-refractivity contribution in [2.75, 3.05) is 7.11 Å². The molecule has 3 rings (SSSR count). The molecule has 1 aliphatic rings. The summed E-state index contributed by atoms with van der Waals surface area (Å²) in [5.41, 5.74) is 2.81. The largest absolute Gasteiger partial charge is 0.501 e. The van der Waals surface area contributed by atoms with Crippen LogP contribution in [-0.4, -0.2) is 7.11 Å². The molecule has 1 fully saturated rings. The van der Waals surface area contributed by atoms with Crippen molar-refractivity contribution in [3.63, 3.8) is 0 Å². The second-order valence-corrected chi connectivity index (χ2v) is 5.87. The number of aryl methyl sites for hydroxylation is 1. The van der Waals surface area contributed by atoms with Gasteiger partial charge in [-0.25, -0.2) is 0 Å². The lowest BCUT2D eigenvalue weighted by Gasteiger charge is -2.22. The van der Waals surface area contributed by atoms with Gasteiger partial charge in [-0.3, -0.25) is 0 Å². The van der Waals surface area contributed by atoms with Gasteiger partial charge in [0.15, 0.2) is 0 Å². The van der Waals surface area contributed by atoms with E-state index in [0.29, 0.717) is 11.8 Å². The third-order valence-corrected chi connectivity index (χ3v) is 4.71. The van der Waals surface area contributed by atoms with Crippen LogP contribution in [0.25, 0.3) is 10.8 Å². The fourth-order valence-corrected chi connectivity index (χ4v) is 3.64. The fourth-order valence-electron chi connectivity index (χ4n) is 3.64. The van der Waals surface area contributed by atoms with Crippen LogP contribution in [0.1, 0.15) is 36.3 Å². The lowest BCUT2D eigenvalue weighted by Crippen LogP contribution is -2.10. The van der Waals surface area contributed by atoms with Crippen LogP contribution in [0.4, 0.5) is 0 Å². The Bertz CT molecular complexity index is 641. The van der Waals surface area contributed by atoms with Gasteiger partial charge in [-0.1, -0.05) is 49.4 Å². The summed E-state index contributed by atoms with van der Waals surface area (Å²) in [4.78, 5) is 0. The van der Waals surface area contributed by atoms with E-state index in [9.17, 15) is 0 Å². The predicted octanol–water partition coefficient (Wildman–Crippen LogP) is 5.19. The molecule has 20 heavy (non-hydrogen) atoms. The van der Waals surface area contributed by atoms with E-state index in [-0.39, 0.29) is 0 Å². The first kappa shape index (κ1) is 13.2. The number of ether oxygens (including phenoxy) is 1. The van der Waals surface area contributed by atoms with Crippen LogP contribution < -0.4 is 0 Å². The van der Waals surface area contributed by atoms with Gasteiger partial charge in [-0.2, -0.15) is 0 Å². The molecule has 0 aliphatic heterocycles. The number of hydrogen-bond acceptors (Lipinski definition) is 1. The zero-order valence-corrected chi connectivity index (χ0v) is 12.4. The highest BCUT2D eigenvalue weighted by Gasteiger charge is 2.31. The van der Waals surface area contributed by atoms with E-state index in [1.54, 1.807) is 7.11 Å². The molecule has 2 unspecified atom stereocenters. The lowest BCUT2D eigenvalue weighted by molar-refractivity contribution is 0.236. The number of hydrogen-bond donors (Lipinski definition) is 0. The first-order valence-electron chi connectivity index (χ1n) is 7.43. The zero-order valence-electron chi connectivity index (χ0n) is 12.4. The van der Waals surface area contributed by atoms with Crippen molar-refractivity contribution < 1.29 is 4.74 Å². The van der Waals surface area contributed by atoms with Crippen molar-refractivity contribution in [1.82, 2.24) is 0 Å². The van der Waals surface area contributed by atoms with Gasteiger partial charge in [0, 0.05) is 5.92 Å². The van der Waals surface area contributed by atoms with Crippen LogP contribution in [0.15, 0.2) is 48.7 Å². The van der Waals surface area contributed by atoms with Crippen molar-refractivity contribution >= 4 is 10.8 Å². The van der Waals surface area contributed by atoms with Crippen LogP contribution in [0.5, 0.6) is 0 Å². The van der Waals surface area contributed by atoms with Gasteiger partial charge in [-0.05, 0) is 47.6 Å². The molecule has 104 valence electrons. The van der Waals surface area contributed by atoms with E-state index in [1.807, 2.05) is 0 Å². The molecule has 1 heteroatoms. The Balaban J connectivity index is 2.03. The van der Waals surface area contributed by atoms with Gasteiger partial charge >= 0.3 is 0 Å². The molecule has 0 N–H and O–H groups in total. The second-order valence-electron chi connectivity index (χ2n) is 5.87. The molecule has 1 nitrogen and oxygen atoms in total. The third kappa shape index (κ3) is 2.22. The summed E-state index contributed by atoms with van der Waals surface area (Å²) in [7, 11) is 1.74. The summed E-state index contributed by atoms with van der Waals surface area (Å²) in [6, 6.07) is 13.4. The van der Waals surface area contributed by atoms with Crippen LogP contribution in [-0.2, 0) is 4.74 Å². The summed E-state index contributed by atoms with van der Waals surface area (Å²) < 4.78 is 5.41. The highest BCUT2D eigenvalue weighted by molar-refractivity contribution is 5.86. The van der Waals surface area contributed by atoms with Gasteiger partial charge in [0.1, 0.15) is 0 Å². The van der Waals surface area contributed by atoms with Gasteiger partial charge in [0.25, 0.3) is 0 Å². The predicted molar refractivity (Wildman–Crippen MR) is 84.9 cm³/mol. The molecule has 2 aromatic carbocycles. The Kier molecular flexibility index (Phi) is 3.52. The lowest BCUT2D eigenvalue weighted by atomic mass is 9.85. The van der Waals surface area contributed by atoms with Crippen molar-refractivity contribution in [3.8, 4) is 0 Å². The summed E-state index contributed by atoms with van der Waals surface area (Å²) in [5, 5.41) is 2.70. The Labute approximate surface area is 121 Å². The number of methoxy groups -OCH3 is 1. The fraction of sp³-hybridized carbons (Fsp3) is 0.368. The van der Waals surface area contributed by atoms with E-state index in [4.69, 9.17) is 4.74 Å². The molecule has 2 aromatic rings. The summed E-state index contributed by atoms with van der Waals surface area (Å²) in [5.74, 6) is 1.98. The number of benzene rings is 2. The van der Waals surface area contributed by atoms with E-state index >= 15 is 0 Å². The highest BCUT2D eigenvalue weighted by Crippen LogP contribution is 2.44. The van der Waals surface area contributed by atoms with Crippen molar-refractivity contribution in [2.45, 2.75) is 32.1 Å². The zero-order chi connectivity index (χ0) is 14.1. The molecular weight excluding hydrogens is 244 g/mol. The minimum Gasteiger partial charge on any atom is -0.501 e. The maximum atomic E-state index is 5.41. The van der Waals surface area contributed by atoms with E-state index < -0.39 is 0 Å². The molecule has 0 aromatic heterocycles. The number of fused-ring (bicyclic) bond motifs is 1. The maximum Gasteiger partial charge on any atom is 0.0920 e. The van der Waals surface area contributed by atoms with Crippen LogP contribution in [0, 0.1) is 12.8 Å². The normalized spacial score (nSPS) is 22.1. The van der Waals surface area contributed by atoms with E-state index in [0.717, 1.165) is 5.76 Å². The minimum atomic E-state index is 0.473. The van der Waals surface area contributed by atoms with Crippen LogP contribution >= 0.6 is 0 Å². The number of rotatable bonds is 3. The Morgan fingerprint density at radius 1 is 1.20 bits per heavy atom. The van der Waals surface area contributed by atoms with Gasteiger partial charge < -0.3 is 4.74 Å². The Morgan fingerprint density at radius 3 is 2.80 bits per heavy atom. The van der Waals surface area contributed by atoms with E-state index in [1.165, 1.54) is 41.2 Å². The molecule has 0 amide bonds. The highest BCUT2D eigenvalue weighted by atomic mass is 16.5. The second kappa shape index (κ2) is 5.32. The van der Waals surface area contributed by atoms with Crippen molar-refractivity contribution in [2.24, 2.45) is 5.92 Å². The van der Waals surface area contributed by atoms with Crippen LogP contribution in [0.3, 0.4) is 0 Å². The average molecular weight is 266 g/mol. The van der Waals surface area contributed by atoms with Gasteiger partial charge in [-0.15, -0.1) is 0 Å². The summed E-state index contributed by atoms with van der Waals surface area (Å²) in [6.07, 6.45) is 3.71. The molecule has 0 heterocycles. The minimum absolute atomic E-state index is 0.473. The molecule has 1 aliphatic carbocycles. The topological polar surface area (TPSA) is 9.23 Å². The Hall–Kier alpha value is -1.76. The summed E-state index contributed by atoms with van der Waals surface area (Å²) in [6.45, 7) is 6.30. The monoisotopic (exact) mass is 266 g/mol. The first-order chi connectivity index (χ1) is 9.70. The molecule has 2 atom stereocenters.